The summed E-state index contributed by atoms with van der Waals surface area (Å²) in [7, 11) is 0. The Hall–Kier alpha value is -1.23. The highest BCUT2D eigenvalue weighted by molar-refractivity contribution is 7.98. The first-order valence-corrected chi connectivity index (χ1v) is 9.71. The van der Waals surface area contributed by atoms with E-state index in [0.717, 1.165) is 36.5 Å². The van der Waals surface area contributed by atoms with Gasteiger partial charge in [-0.2, -0.15) is 0 Å². The molecular weight excluding hydrogens is 363 g/mol. The smallest absolute Gasteiger partial charge is 0.272 e. The minimum Gasteiger partial charge on any atom is -0.337 e. The third kappa shape index (κ3) is 4.24. The maximum absolute atomic E-state index is 12.5. The normalized spacial score (nSPS) is 14.7. The van der Waals surface area contributed by atoms with Gasteiger partial charge in [0.15, 0.2) is 0 Å². The number of likely N-dealkylation sites (tertiary alicyclic amines) is 1. The lowest BCUT2D eigenvalue weighted by atomic mass is 10.1. The van der Waals surface area contributed by atoms with Crippen molar-refractivity contribution in [3.63, 3.8) is 0 Å². The first-order valence-electron chi connectivity index (χ1n) is 7.97. The number of thioether (sulfide) groups is 1. The number of piperidine rings is 1. The molecule has 126 valence electrons. The summed E-state index contributed by atoms with van der Waals surface area (Å²) >= 11 is 13.9. The zero-order valence-electron chi connectivity index (χ0n) is 13.2. The molecule has 3 rings (SSSR count). The van der Waals surface area contributed by atoms with Gasteiger partial charge in [0, 0.05) is 23.7 Å². The van der Waals surface area contributed by atoms with Gasteiger partial charge < -0.3 is 4.90 Å². The van der Waals surface area contributed by atoms with E-state index in [9.17, 15) is 4.79 Å². The zero-order valence-corrected chi connectivity index (χ0v) is 15.5. The standard InChI is InChI=1S/C18H18Cl2N2OS/c19-14-7-5-8-15(20)17(14)24-12-13-6-4-9-16(21-13)18(23)22-10-2-1-3-11-22/h4-9H,1-3,10-12H2. The van der Waals surface area contributed by atoms with E-state index in [1.807, 2.05) is 35.2 Å². The maximum Gasteiger partial charge on any atom is 0.272 e. The predicted octanol–water partition coefficient (Wildman–Crippen LogP) is 5.31. The van der Waals surface area contributed by atoms with Crippen LogP contribution in [-0.4, -0.2) is 28.9 Å². The number of aromatic nitrogens is 1. The minimum atomic E-state index is 0.0253. The van der Waals surface area contributed by atoms with E-state index >= 15 is 0 Å². The van der Waals surface area contributed by atoms with Gasteiger partial charge in [-0.05, 0) is 43.5 Å². The lowest BCUT2D eigenvalue weighted by Gasteiger charge is -2.26. The molecule has 0 atom stereocenters. The van der Waals surface area contributed by atoms with Crippen LogP contribution in [0.1, 0.15) is 35.4 Å². The summed E-state index contributed by atoms with van der Waals surface area (Å²) in [6.07, 6.45) is 3.35. The van der Waals surface area contributed by atoms with Crippen LogP contribution in [0, 0.1) is 0 Å². The van der Waals surface area contributed by atoms with E-state index in [4.69, 9.17) is 23.2 Å². The third-order valence-electron chi connectivity index (χ3n) is 3.95. The second-order valence-corrected chi connectivity index (χ2v) is 7.51. The Morgan fingerprint density at radius 2 is 1.71 bits per heavy atom. The topological polar surface area (TPSA) is 33.2 Å². The van der Waals surface area contributed by atoms with Crippen LogP contribution in [-0.2, 0) is 5.75 Å². The number of carbonyl (C=O) groups is 1. The number of rotatable bonds is 4. The highest BCUT2D eigenvalue weighted by Crippen LogP contribution is 2.35. The number of halogens is 2. The molecule has 0 radical (unpaired) electrons. The number of carbonyl (C=O) groups excluding carboxylic acids is 1. The lowest BCUT2D eigenvalue weighted by molar-refractivity contribution is 0.0718. The van der Waals surface area contributed by atoms with Gasteiger partial charge in [0.25, 0.3) is 5.91 Å². The fourth-order valence-electron chi connectivity index (χ4n) is 2.70. The van der Waals surface area contributed by atoms with Crippen molar-refractivity contribution in [2.24, 2.45) is 0 Å². The first kappa shape index (κ1) is 17.6. The summed E-state index contributed by atoms with van der Waals surface area (Å²) in [5, 5.41) is 1.26. The van der Waals surface area contributed by atoms with Gasteiger partial charge in [-0.1, -0.05) is 35.3 Å². The lowest BCUT2D eigenvalue weighted by Crippen LogP contribution is -2.36. The SMILES string of the molecule is O=C(c1cccc(CSc2c(Cl)cccc2Cl)n1)N1CCCCC1. The first-order chi connectivity index (χ1) is 11.6. The van der Waals surface area contributed by atoms with Crippen molar-refractivity contribution >= 4 is 40.9 Å². The van der Waals surface area contributed by atoms with Crippen LogP contribution in [0.3, 0.4) is 0 Å². The molecule has 1 aromatic heterocycles. The molecule has 0 N–H and O–H groups in total. The van der Waals surface area contributed by atoms with Gasteiger partial charge in [-0.25, -0.2) is 4.98 Å². The molecule has 1 saturated heterocycles. The van der Waals surface area contributed by atoms with Crippen LogP contribution in [0.2, 0.25) is 10.0 Å². The monoisotopic (exact) mass is 380 g/mol. The number of pyridine rings is 1. The molecule has 0 saturated carbocycles. The summed E-state index contributed by atoms with van der Waals surface area (Å²) in [5.74, 6) is 0.641. The number of nitrogens with zero attached hydrogens (tertiary/aromatic N) is 2. The Morgan fingerprint density at radius 1 is 1.04 bits per heavy atom. The molecule has 3 nitrogen and oxygen atoms in total. The van der Waals surface area contributed by atoms with Crippen LogP contribution >= 0.6 is 35.0 Å². The average molecular weight is 381 g/mol. The van der Waals surface area contributed by atoms with Gasteiger partial charge in [-0.3, -0.25) is 4.79 Å². The Kier molecular flexibility index (Phi) is 6.04. The van der Waals surface area contributed by atoms with Gasteiger partial charge in [0.05, 0.1) is 15.7 Å². The van der Waals surface area contributed by atoms with E-state index in [2.05, 4.69) is 4.98 Å². The average Bonchev–Trinajstić information content (AvgIpc) is 2.62. The molecule has 6 heteroatoms. The van der Waals surface area contributed by atoms with Gasteiger partial charge >= 0.3 is 0 Å². The number of hydrogen-bond donors (Lipinski definition) is 0. The maximum atomic E-state index is 12.5. The van der Waals surface area contributed by atoms with Crippen LogP contribution in [0.15, 0.2) is 41.3 Å². The van der Waals surface area contributed by atoms with Gasteiger partial charge in [0.1, 0.15) is 5.69 Å². The summed E-state index contributed by atoms with van der Waals surface area (Å²) in [4.78, 5) is 19.8. The van der Waals surface area contributed by atoms with E-state index < -0.39 is 0 Å². The van der Waals surface area contributed by atoms with E-state index in [1.54, 1.807) is 6.07 Å². The van der Waals surface area contributed by atoms with Crippen molar-refractivity contribution in [3.8, 4) is 0 Å². The molecule has 2 heterocycles. The van der Waals surface area contributed by atoms with Crippen molar-refractivity contribution < 1.29 is 4.79 Å². The summed E-state index contributed by atoms with van der Waals surface area (Å²) in [5.41, 5.74) is 1.36. The van der Waals surface area contributed by atoms with Crippen LogP contribution in [0.25, 0.3) is 0 Å². The molecule has 1 aliphatic heterocycles. The molecule has 1 amide bonds. The highest BCUT2D eigenvalue weighted by Gasteiger charge is 2.19. The number of hydrogen-bond acceptors (Lipinski definition) is 3. The van der Waals surface area contributed by atoms with Crippen LogP contribution in [0.4, 0.5) is 0 Å². The molecule has 24 heavy (non-hydrogen) atoms. The number of amides is 1. The fourth-order valence-corrected chi connectivity index (χ4v) is 4.29. The predicted molar refractivity (Wildman–Crippen MR) is 100 cm³/mol. The number of benzene rings is 1. The van der Waals surface area contributed by atoms with E-state index in [0.29, 0.717) is 21.5 Å². The second kappa shape index (κ2) is 8.24. The van der Waals surface area contributed by atoms with Crippen molar-refractivity contribution in [2.75, 3.05) is 13.1 Å². The summed E-state index contributed by atoms with van der Waals surface area (Å²) < 4.78 is 0. The second-order valence-electron chi connectivity index (χ2n) is 5.71. The van der Waals surface area contributed by atoms with Crippen LogP contribution < -0.4 is 0 Å². The summed E-state index contributed by atoms with van der Waals surface area (Å²) in [6.45, 7) is 1.66. The van der Waals surface area contributed by atoms with Crippen molar-refractivity contribution in [1.29, 1.82) is 0 Å². The third-order valence-corrected chi connectivity index (χ3v) is 5.98. The zero-order chi connectivity index (χ0) is 16.9. The quantitative estimate of drug-likeness (QED) is 0.674. The largest absolute Gasteiger partial charge is 0.337 e. The molecule has 0 aliphatic carbocycles. The fraction of sp³-hybridized carbons (Fsp3) is 0.333. The van der Waals surface area contributed by atoms with E-state index in [1.165, 1.54) is 18.2 Å². The van der Waals surface area contributed by atoms with Crippen LogP contribution in [0.5, 0.6) is 0 Å². The Labute approximate surface area is 156 Å². The molecule has 1 aromatic carbocycles. The summed E-state index contributed by atoms with van der Waals surface area (Å²) in [6, 6.07) is 11.1. The highest BCUT2D eigenvalue weighted by atomic mass is 35.5. The van der Waals surface area contributed by atoms with Gasteiger partial charge in [0.2, 0.25) is 0 Å². The van der Waals surface area contributed by atoms with Crippen molar-refractivity contribution in [3.05, 3.63) is 57.8 Å². The Balaban J connectivity index is 1.70. The van der Waals surface area contributed by atoms with Gasteiger partial charge in [-0.15, -0.1) is 11.8 Å². The molecule has 1 fully saturated rings. The molecule has 1 aliphatic rings. The Bertz CT molecular complexity index is 712. The molecule has 2 aromatic rings. The van der Waals surface area contributed by atoms with Crippen molar-refractivity contribution in [1.82, 2.24) is 9.88 Å². The molecule has 0 unspecified atom stereocenters. The molecule has 0 spiro atoms. The van der Waals surface area contributed by atoms with Crippen molar-refractivity contribution in [2.45, 2.75) is 29.9 Å². The van der Waals surface area contributed by atoms with E-state index in [-0.39, 0.29) is 5.91 Å². The molecule has 0 bridgehead atoms. The molecular formula is C18H18Cl2N2OS. The minimum absolute atomic E-state index is 0.0253. The Morgan fingerprint density at radius 3 is 2.42 bits per heavy atom.